The van der Waals surface area contributed by atoms with E-state index in [-0.39, 0.29) is 24.3 Å². The molecule has 3 aliphatic rings. The van der Waals surface area contributed by atoms with Crippen LogP contribution in [0.1, 0.15) is 21.5 Å². The van der Waals surface area contributed by atoms with Crippen LogP contribution in [0.2, 0.25) is 0 Å². The van der Waals surface area contributed by atoms with Gasteiger partial charge in [0.2, 0.25) is 0 Å². The SMILES string of the molecule is Cc1c(CN2CCN(C(=O)CON)CC2)sc2c1NC(Cl)NC2N1CCOCC1. The molecule has 9 nitrogen and oxygen atoms in total. The topological polar surface area (TPSA) is 95.3 Å². The molecule has 0 saturated carbocycles. The maximum absolute atomic E-state index is 11.9. The number of anilines is 1. The molecule has 4 heterocycles. The van der Waals surface area contributed by atoms with Crippen LogP contribution in [0.4, 0.5) is 5.69 Å². The molecule has 0 radical (unpaired) electrons. The Morgan fingerprint density at radius 3 is 2.69 bits per heavy atom. The van der Waals surface area contributed by atoms with Crippen LogP contribution < -0.4 is 16.5 Å². The van der Waals surface area contributed by atoms with Gasteiger partial charge in [0.25, 0.3) is 5.91 Å². The summed E-state index contributed by atoms with van der Waals surface area (Å²) in [6.07, 6.45) is 0.112. The predicted molar refractivity (Wildman–Crippen MR) is 113 cm³/mol. The van der Waals surface area contributed by atoms with E-state index in [0.717, 1.165) is 51.6 Å². The highest BCUT2D eigenvalue weighted by molar-refractivity contribution is 7.12. The lowest BCUT2D eigenvalue weighted by Gasteiger charge is -2.39. The van der Waals surface area contributed by atoms with Crippen LogP contribution in [0, 0.1) is 6.92 Å². The van der Waals surface area contributed by atoms with Crippen molar-refractivity contribution in [2.75, 3.05) is 64.4 Å². The highest BCUT2D eigenvalue weighted by atomic mass is 35.5. The molecule has 1 amide bonds. The zero-order valence-electron chi connectivity index (χ0n) is 16.7. The molecule has 29 heavy (non-hydrogen) atoms. The van der Waals surface area contributed by atoms with Gasteiger partial charge in [-0.2, -0.15) is 0 Å². The number of carbonyl (C=O) groups excluding carboxylic acids is 1. The summed E-state index contributed by atoms with van der Waals surface area (Å²) in [5, 5.41) is 6.87. The van der Waals surface area contributed by atoms with E-state index in [0.29, 0.717) is 13.1 Å². The summed E-state index contributed by atoms with van der Waals surface area (Å²) in [6.45, 7) is 9.38. The second-order valence-corrected chi connectivity index (χ2v) is 9.16. The number of halogens is 1. The minimum Gasteiger partial charge on any atom is -0.379 e. The number of nitrogens with one attached hydrogen (secondary N) is 2. The molecule has 1 aromatic heterocycles. The number of fused-ring (bicyclic) bond motifs is 1. The van der Waals surface area contributed by atoms with Crippen molar-refractivity contribution in [2.24, 2.45) is 5.90 Å². The number of piperazine rings is 1. The molecule has 2 atom stereocenters. The second kappa shape index (κ2) is 9.44. The maximum atomic E-state index is 11.9. The van der Waals surface area contributed by atoms with Crippen LogP contribution in [0.15, 0.2) is 0 Å². The largest absolute Gasteiger partial charge is 0.379 e. The van der Waals surface area contributed by atoms with Crippen molar-refractivity contribution in [3.63, 3.8) is 0 Å². The van der Waals surface area contributed by atoms with Crippen molar-refractivity contribution in [1.82, 2.24) is 20.0 Å². The first kappa shape index (κ1) is 21.3. The third-order valence-electron chi connectivity index (χ3n) is 5.81. The molecule has 2 fully saturated rings. The second-order valence-electron chi connectivity index (χ2n) is 7.58. The van der Waals surface area contributed by atoms with Crippen molar-refractivity contribution >= 4 is 34.5 Å². The number of amides is 1. The van der Waals surface area contributed by atoms with Crippen molar-refractivity contribution < 1.29 is 14.4 Å². The Kier molecular flexibility index (Phi) is 6.92. The van der Waals surface area contributed by atoms with Crippen LogP contribution in [-0.4, -0.2) is 85.3 Å². The number of ether oxygens (including phenoxy) is 1. The van der Waals surface area contributed by atoms with E-state index in [9.17, 15) is 4.79 Å². The molecule has 0 aromatic carbocycles. The standard InChI is InChI=1S/C18H29ClN6O3S/c1-12-13(10-23-2-4-24(5-3-23)14(26)11-28-20)29-16-15(12)21-18(19)22-17(16)25-6-8-27-9-7-25/h17-18,21-22H,2-11,20H2,1H3. The van der Waals surface area contributed by atoms with Gasteiger partial charge >= 0.3 is 0 Å². The first-order chi connectivity index (χ1) is 14.1. The number of nitrogens with zero attached hydrogens (tertiary/aromatic N) is 3. The zero-order chi connectivity index (χ0) is 20.4. The molecule has 11 heteroatoms. The van der Waals surface area contributed by atoms with Gasteiger partial charge in [0.1, 0.15) is 12.8 Å². The Balaban J connectivity index is 1.44. The Bertz CT molecular complexity index is 721. The third-order valence-corrected chi connectivity index (χ3v) is 7.37. The van der Waals surface area contributed by atoms with Crippen molar-refractivity contribution in [3.8, 4) is 0 Å². The van der Waals surface area contributed by atoms with E-state index in [2.05, 4.69) is 32.2 Å². The summed E-state index contributed by atoms with van der Waals surface area (Å²) in [7, 11) is 0. The summed E-state index contributed by atoms with van der Waals surface area (Å²) in [6, 6.07) is 0. The minimum absolute atomic E-state index is 0.0494. The number of morpholine rings is 1. The molecule has 4 rings (SSSR count). The summed E-state index contributed by atoms with van der Waals surface area (Å²) in [5.74, 6) is 4.97. The van der Waals surface area contributed by atoms with E-state index < -0.39 is 0 Å². The summed E-state index contributed by atoms with van der Waals surface area (Å²) >= 11 is 8.31. The van der Waals surface area contributed by atoms with E-state index in [1.807, 2.05) is 16.2 Å². The van der Waals surface area contributed by atoms with Crippen molar-refractivity contribution in [3.05, 3.63) is 15.3 Å². The van der Waals surface area contributed by atoms with E-state index in [1.54, 1.807) is 0 Å². The van der Waals surface area contributed by atoms with Gasteiger partial charge in [-0.05, 0) is 12.5 Å². The fourth-order valence-electron chi connectivity index (χ4n) is 4.12. The molecule has 2 saturated heterocycles. The lowest BCUT2D eigenvalue weighted by atomic mass is 10.1. The van der Waals surface area contributed by atoms with E-state index >= 15 is 0 Å². The normalized spacial score (nSPS) is 26.2. The van der Waals surface area contributed by atoms with Gasteiger partial charge in [-0.3, -0.25) is 24.7 Å². The lowest BCUT2D eigenvalue weighted by molar-refractivity contribution is -0.138. The van der Waals surface area contributed by atoms with E-state index in [1.165, 1.54) is 15.3 Å². The highest BCUT2D eigenvalue weighted by Gasteiger charge is 2.34. The Morgan fingerprint density at radius 1 is 1.28 bits per heavy atom. The van der Waals surface area contributed by atoms with Crippen molar-refractivity contribution in [1.29, 1.82) is 0 Å². The quantitative estimate of drug-likeness (QED) is 0.342. The van der Waals surface area contributed by atoms with Gasteiger partial charge in [0.05, 0.1) is 23.8 Å². The number of rotatable bonds is 5. The Morgan fingerprint density at radius 2 is 2.00 bits per heavy atom. The minimum atomic E-state index is -0.296. The van der Waals surface area contributed by atoms with Gasteiger partial charge in [0.15, 0.2) is 5.62 Å². The van der Waals surface area contributed by atoms with Crippen LogP contribution >= 0.6 is 22.9 Å². The molecule has 1 aromatic rings. The smallest absolute Gasteiger partial charge is 0.250 e. The average Bonchev–Trinajstić information content (AvgIpc) is 3.04. The molecular formula is C18H29ClN6O3S. The van der Waals surface area contributed by atoms with Crippen molar-refractivity contribution in [2.45, 2.75) is 25.3 Å². The monoisotopic (exact) mass is 444 g/mol. The Labute approximate surface area is 180 Å². The number of thiophene rings is 1. The first-order valence-corrected chi connectivity index (χ1v) is 11.2. The van der Waals surface area contributed by atoms with Crippen LogP contribution in [0.25, 0.3) is 0 Å². The summed E-state index contributed by atoms with van der Waals surface area (Å²) < 4.78 is 5.51. The van der Waals surface area contributed by atoms with Gasteiger partial charge in [0, 0.05) is 50.7 Å². The molecule has 162 valence electrons. The van der Waals surface area contributed by atoms with Crippen LogP contribution in [0.3, 0.4) is 0 Å². The van der Waals surface area contributed by atoms with Gasteiger partial charge in [-0.15, -0.1) is 11.3 Å². The Hall–Kier alpha value is -0.980. The van der Waals surface area contributed by atoms with Gasteiger partial charge < -0.3 is 15.0 Å². The van der Waals surface area contributed by atoms with E-state index in [4.69, 9.17) is 22.2 Å². The predicted octanol–water partition coefficient (Wildman–Crippen LogP) is 0.459. The zero-order valence-corrected chi connectivity index (χ0v) is 18.2. The number of nitrogens with two attached hydrogens (primary N) is 1. The highest BCUT2D eigenvalue weighted by Crippen LogP contribution is 2.42. The van der Waals surface area contributed by atoms with Crippen LogP contribution in [0.5, 0.6) is 0 Å². The molecule has 0 bridgehead atoms. The first-order valence-electron chi connectivity index (χ1n) is 9.99. The summed E-state index contributed by atoms with van der Waals surface area (Å²) in [4.78, 5) is 25.7. The fraction of sp³-hybridized carbons (Fsp3) is 0.722. The van der Waals surface area contributed by atoms with Crippen LogP contribution in [-0.2, 0) is 20.9 Å². The number of alkyl halides is 1. The maximum Gasteiger partial charge on any atom is 0.250 e. The molecular weight excluding hydrogens is 416 g/mol. The van der Waals surface area contributed by atoms with Gasteiger partial charge in [-0.1, -0.05) is 11.6 Å². The summed E-state index contributed by atoms with van der Waals surface area (Å²) in [5.41, 5.74) is 2.13. The molecule has 0 aliphatic carbocycles. The molecule has 0 spiro atoms. The number of hydrogen-bond donors (Lipinski definition) is 3. The molecule has 3 aliphatic heterocycles. The average molecular weight is 445 g/mol. The lowest BCUT2D eigenvalue weighted by Crippen LogP contribution is -2.50. The fourth-order valence-corrected chi connectivity index (χ4v) is 5.76. The third kappa shape index (κ3) is 4.70. The number of hydrogen-bond acceptors (Lipinski definition) is 9. The van der Waals surface area contributed by atoms with Gasteiger partial charge in [-0.25, -0.2) is 5.90 Å². The number of carbonyl (C=O) groups is 1. The molecule has 2 unspecified atom stereocenters. The molecule has 4 N–H and O–H groups in total.